The Labute approximate surface area is 151 Å². The fourth-order valence-electron chi connectivity index (χ4n) is 2.91. The SMILES string of the molecule is COc1ccccc1N1CCN(/N=C(/C)c2cccc(Br)c2)CC1. The van der Waals surface area contributed by atoms with Gasteiger partial charge in [0, 0.05) is 17.6 Å². The Morgan fingerprint density at radius 1 is 1.04 bits per heavy atom. The summed E-state index contributed by atoms with van der Waals surface area (Å²) in [5, 5.41) is 6.94. The molecule has 0 aliphatic carbocycles. The molecule has 0 N–H and O–H groups in total. The van der Waals surface area contributed by atoms with Gasteiger partial charge in [-0.1, -0.05) is 40.2 Å². The Morgan fingerprint density at radius 3 is 2.50 bits per heavy atom. The van der Waals surface area contributed by atoms with E-state index in [1.165, 1.54) is 0 Å². The lowest BCUT2D eigenvalue weighted by Gasteiger charge is -2.35. The van der Waals surface area contributed by atoms with Gasteiger partial charge >= 0.3 is 0 Å². The fourth-order valence-corrected chi connectivity index (χ4v) is 3.31. The van der Waals surface area contributed by atoms with Crippen LogP contribution in [0.25, 0.3) is 0 Å². The molecule has 3 rings (SSSR count). The van der Waals surface area contributed by atoms with E-state index in [1.54, 1.807) is 7.11 Å². The second-order valence-corrected chi connectivity index (χ2v) is 6.72. The zero-order valence-electron chi connectivity index (χ0n) is 14.1. The maximum Gasteiger partial charge on any atom is 0.142 e. The number of anilines is 1. The van der Waals surface area contributed by atoms with E-state index in [1.807, 2.05) is 24.3 Å². The van der Waals surface area contributed by atoms with Crippen molar-refractivity contribution in [1.29, 1.82) is 0 Å². The number of hydrogen-bond donors (Lipinski definition) is 0. The standard InChI is InChI=1S/C19H22BrN3O/c1-15(16-6-5-7-17(20)14-16)21-23-12-10-22(11-13-23)18-8-3-4-9-19(18)24-2/h3-9,14H,10-13H2,1-2H3/b21-15-. The number of methoxy groups -OCH3 is 1. The van der Waals surface area contributed by atoms with Crippen molar-refractivity contribution in [1.82, 2.24) is 5.01 Å². The summed E-state index contributed by atoms with van der Waals surface area (Å²) in [6, 6.07) is 16.4. The number of rotatable bonds is 4. The number of benzene rings is 2. The molecule has 0 bridgehead atoms. The van der Waals surface area contributed by atoms with Gasteiger partial charge in [0.1, 0.15) is 5.75 Å². The predicted octanol–water partition coefficient (Wildman–Crippen LogP) is 4.00. The molecule has 0 atom stereocenters. The van der Waals surface area contributed by atoms with Gasteiger partial charge < -0.3 is 9.64 Å². The minimum absolute atomic E-state index is 0.906. The van der Waals surface area contributed by atoms with E-state index in [9.17, 15) is 0 Å². The maximum atomic E-state index is 5.47. The average molecular weight is 388 g/mol. The van der Waals surface area contributed by atoms with Crippen LogP contribution < -0.4 is 9.64 Å². The minimum Gasteiger partial charge on any atom is -0.495 e. The van der Waals surface area contributed by atoms with E-state index in [0.717, 1.165) is 53.4 Å². The lowest BCUT2D eigenvalue weighted by atomic mass is 10.1. The quantitative estimate of drug-likeness (QED) is 0.742. The fraction of sp³-hybridized carbons (Fsp3) is 0.316. The Hall–Kier alpha value is -2.01. The number of piperazine rings is 1. The summed E-state index contributed by atoms with van der Waals surface area (Å²) >= 11 is 3.52. The number of halogens is 1. The summed E-state index contributed by atoms with van der Waals surface area (Å²) in [5.41, 5.74) is 3.35. The van der Waals surface area contributed by atoms with Gasteiger partial charge in [-0.25, -0.2) is 0 Å². The molecule has 2 aromatic rings. The van der Waals surface area contributed by atoms with Crippen LogP contribution in [0.1, 0.15) is 12.5 Å². The molecule has 0 amide bonds. The van der Waals surface area contributed by atoms with Crippen molar-refractivity contribution in [2.45, 2.75) is 6.92 Å². The van der Waals surface area contributed by atoms with Gasteiger partial charge in [-0.2, -0.15) is 5.10 Å². The first kappa shape index (κ1) is 16.8. The van der Waals surface area contributed by atoms with Crippen LogP contribution in [0.15, 0.2) is 58.1 Å². The summed E-state index contributed by atoms with van der Waals surface area (Å²) < 4.78 is 6.55. The van der Waals surface area contributed by atoms with E-state index in [0.29, 0.717) is 0 Å². The molecular formula is C19H22BrN3O. The molecule has 0 saturated carbocycles. The Bertz CT molecular complexity index is 724. The Balaban J connectivity index is 1.66. The van der Waals surface area contributed by atoms with Crippen LogP contribution in [0.3, 0.4) is 0 Å². The summed E-state index contributed by atoms with van der Waals surface area (Å²) in [4.78, 5) is 2.36. The smallest absolute Gasteiger partial charge is 0.142 e. The van der Waals surface area contributed by atoms with Crippen LogP contribution in [0.4, 0.5) is 5.69 Å². The Morgan fingerprint density at radius 2 is 1.79 bits per heavy atom. The van der Waals surface area contributed by atoms with E-state index in [2.05, 4.69) is 57.0 Å². The van der Waals surface area contributed by atoms with Gasteiger partial charge in [-0.05, 0) is 36.8 Å². The highest BCUT2D eigenvalue weighted by Gasteiger charge is 2.18. The third-order valence-corrected chi connectivity index (χ3v) is 4.71. The molecule has 126 valence electrons. The average Bonchev–Trinajstić information content (AvgIpc) is 2.62. The highest BCUT2D eigenvalue weighted by Crippen LogP contribution is 2.28. The van der Waals surface area contributed by atoms with Gasteiger partial charge in [-0.3, -0.25) is 5.01 Å². The van der Waals surface area contributed by atoms with Crippen molar-refractivity contribution in [3.63, 3.8) is 0 Å². The molecule has 0 unspecified atom stereocenters. The van der Waals surface area contributed by atoms with E-state index < -0.39 is 0 Å². The third-order valence-electron chi connectivity index (χ3n) is 4.22. The molecular weight excluding hydrogens is 366 g/mol. The Kier molecular flexibility index (Phi) is 5.41. The second kappa shape index (κ2) is 7.71. The summed E-state index contributed by atoms with van der Waals surface area (Å²) in [6.07, 6.45) is 0. The first-order valence-electron chi connectivity index (χ1n) is 8.11. The third kappa shape index (κ3) is 3.90. The van der Waals surface area contributed by atoms with Crippen molar-refractivity contribution in [3.8, 4) is 5.75 Å². The largest absolute Gasteiger partial charge is 0.495 e. The second-order valence-electron chi connectivity index (χ2n) is 5.81. The topological polar surface area (TPSA) is 28.1 Å². The molecule has 1 fully saturated rings. The van der Waals surface area contributed by atoms with E-state index >= 15 is 0 Å². The lowest BCUT2D eigenvalue weighted by Crippen LogP contribution is -2.44. The highest BCUT2D eigenvalue weighted by molar-refractivity contribution is 9.10. The molecule has 1 heterocycles. The molecule has 1 saturated heterocycles. The molecule has 2 aromatic carbocycles. The van der Waals surface area contributed by atoms with Crippen LogP contribution in [-0.2, 0) is 0 Å². The first-order chi connectivity index (χ1) is 11.7. The summed E-state index contributed by atoms with van der Waals surface area (Å²) in [5.74, 6) is 0.930. The van der Waals surface area contributed by atoms with Crippen LogP contribution in [0.5, 0.6) is 5.75 Å². The normalized spacial score (nSPS) is 15.5. The van der Waals surface area contributed by atoms with Crippen molar-refractivity contribution in [3.05, 3.63) is 58.6 Å². The number of nitrogens with zero attached hydrogens (tertiary/aromatic N) is 3. The molecule has 0 aromatic heterocycles. The van der Waals surface area contributed by atoms with Gasteiger partial charge in [0.2, 0.25) is 0 Å². The highest BCUT2D eigenvalue weighted by atomic mass is 79.9. The molecule has 5 heteroatoms. The van der Waals surface area contributed by atoms with Crippen LogP contribution in [0, 0.1) is 0 Å². The lowest BCUT2D eigenvalue weighted by molar-refractivity contribution is 0.269. The summed E-state index contributed by atoms with van der Waals surface area (Å²) in [6.45, 7) is 5.76. The summed E-state index contributed by atoms with van der Waals surface area (Å²) in [7, 11) is 1.72. The number of para-hydroxylation sites is 2. The zero-order valence-corrected chi connectivity index (χ0v) is 15.7. The predicted molar refractivity (Wildman–Crippen MR) is 103 cm³/mol. The minimum atomic E-state index is 0.906. The van der Waals surface area contributed by atoms with Gasteiger partial charge in [0.25, 0.3) is 0 Å². The van der Waals surface area contributed by atoms with Crippen molar-refractivity contribution in [2.24, 2.45) is 5.10 Å². The van der Waals surface area contributed by atoms with Crippen molar-refractivity contribution in [2.75, 3.05) is 38.2 Å². The molecule has 1 aliphatic heterocycles. The van der Waals surface area contributed by atoms with Gasteiger partial charge in [-0.15, -0.1) is 0 Å². The molecule has 24 heavy (non-hydrogen) atoms. The molecule has 4 nitrogen and oxygen atoms in total. The number of ether oxygens (including phenoxy) is 1. The van der Waals surface area contributed by atoms with Crippen LogP contribution in [-0.4, -0.2) is 44.0 Å². The van der Waals surface area contributed by atoms with Gasteiger partial charge in [0.05, 0.1) is 31.6 Å². The first-order valence-corrected chi connectivity index (χ1v) is 8.91. The van der Waals surface area contributed by atoms with Crippen LogP contribution in [0.2, 0.25) is 0 Å². The maximum absolute atomic E-state index is 5.47. The van der Waals surface area contributed by atoms with E-state index in [-0.39, 0.29) is 0 Å². The van der Waals surface area contributed by atoms with Crippen LogP contribution >= 0.6 is 15.9 Å². The monoisotopic (exact) mass is 387 g/mol. The number of hydrogen-bond acceptors (Lipinski definition) is 4. The van der Waals surface area contributed by atoms with Gasteiger partial charge in [0.15, 0.2) is 0 Å². The zero-order chi connectivity index (χ0) is 16.9. The van der Waals surface area contributed by atoms with E-state index in [4.69, 9.17) is 9.84 Å². The van der Waals surface area contributed by atoms with Crippen molar-refractivity contribution >= 4 is 27.3 Å². The molecule has 0 radical (unpaired) electrons. The molecule has 0 spiro atoms. The van der Waals surface area contributed by atoms with Crippen molar-refractivity contribution < 1.29 is 4.74 Å². The molecule has 1 aliphatic rings. The number of hydrazone groups is 1.